The average molecular weight is 305 g/mol. The first kappa shape index (κ1) is 17.2. The molecule has 116 valence electrons. The van der Waals surface area contributed by atoms with E-state index in [4.69, 9.17) is 4.74 Å². The highest BCUT2D eigenvalue weighted by Gasteiger charge is 2.39. The van der Waals surface area contributed by atoms with E-state index in [0.29, 0.717) is 31.7 Å². The van der Waals surface area contributed by atoms with E-state index in [-0.39, 0.29) is 24.0 Å². The number of rotatable bonds is 0. The summed E-state index contributed by atoms with van der Waals surface area (Å²) in [6.45, 7) is 7.71. The first-order valence-electron chi connectivity index (χ1n) is 7.04. The molecule has 5 nitrogen and oxygen atoms in total. The van der Waals surface area contributed by atoms with Crippen molar-refractivity contribution < 1.29 is 14.3 Å². The van der Waals surface area contributed by atoms with Crippen LogP contribution in [0.15, 0.2) is 0 Å². The topological polar surface area (TPSA) is 58.6 Å². The lowest BCUT2D eigenvalue weighted by Gasteiger charge is -2.44. The molecule has 1 spiro atoms. The minimum absolute atomic E-state index is 0. The van der Waals surface area contributed by atoms with E-state index in [1.807, 2.05) is 20.8 Å². The Morgan fingerprint density at radius 3 is 2.40 bits per heavy atom. The molecule has 0 atom stereocenters. The van der Waals surface area contributed by atoms with Gasteiger partial charge < -0.3 is 15.0 Å². The summed E-state index contributed by atoms with van der Waals surface area (Å²) in [7, 11) is 0. The van der Waals surface area contributed by atoms with E-state index in [1.54, 1.807) is 4.90 Å². The predicted octanol–water partition coefficient (Wildman–Crippen LogP) is 2.13. The summed E-state index contributed by atoms with van der Waals surface area (Å²) >= 11 is 0. The Bertz CT molecular complexity index is 371. The van der Waals surface area contributed by atoms with Crippen molar-refractivity contribution in [3.63, 3.8) is 0 Å². The van der Waals surface area contributed by atoms with Gasteiger partial charge in [0.05, 0.1) is 0 Å². The normalized spacial score (nSPS) is 22.4. The molecule has 0 aliphatic carbocycles. The van der Waals surface area contributed by atoms with Crippen LogP contribution in [-0.2, 0) is 9.53 Å². The van der Waals surface area contributed by atoms with Crippen LogP contribution < -0.4 is 5.32 Å². The molecule has 0 aromatic rings. The number of ether oxygens (including phenoxy) is 1. The molecule has 1 amide bonds. The Balaban J connectivity index is 0.00000200. The number of hydrogen-bond acceptors (Lipinski definition) is 4. The summed E-state index contributed by atoms with van der Waals surface area (Å²) in [6.07, 6.45) is 2.66. The Labute approximate surface area is 126 Å². The number of likely N-dealkylation sites (tertiary alicyclic amines) is 1. The van der Waals surface area contributed by atoms with Gasteiger partial charge in [0.2, 0.25) is 0 Å². The standard InChI is InChI=1S/C14H24N2O3.ClH/c1-13(2,3)19-12(18)16-8-5-14(6-9-16)10-11(17)4-7-15-14;/h15H,4-10H2,1-3H3;1H. The monoisotopic (exact) mass is 304 g/mol. The van der Waals surface area contributed by atoms with Gasteiger partial charge in [-0.3, -0.25) is 4.79 Å². The number of carbonyl (C=O) groups excluding carboxylic acids is 2. The van der Waals surface area contributed by atoms with Gasteiger partial charge in [-0.25, -0.2) is 4.79 Å². The summed E-state index contributed by atoms with van der Waals surface area (Å²) in [5, 5.41) is 3.47. The van der Waals surface area contributed by atoms with Gasteiger partial charge >= 0.3 is 6.09 Å². The number of halogens is 1. The summed E-state index contributed by atoms with van der Waals surface area (Å²) in [6, 6.07) is 0. The zero-order chi connectivity index (χ0) is 14.1. The molecule has 0 aromatic heterocycles. The number of hydrogen-bond donors (Lipinski definition) is 1. The van der Waals surface area contributed by atoms with Crippen molar-refractivity contribution in [1.29, 1.82) is 0 Å². The van der Waals surface area contributed by atoms with Crippen molar-refractivity contribution in [3.05, 3.63) is 0 Å². The van der Waals surface area contributed by atoms with Gasteiger partial charge in [0.1, 0.15) is 11.4 Å². The van der Waals surface area contributed by atoms with Gasteiger partial charge in [0, 0.05) is 38.0 Å². The fraction of sp³-hybridized carbons (Fsp3) is 0.857. The van der Waals surface area contributed by atoms with E-state index in [2.05, 4.69) is 5.32 Å². The summed E-state index contributed by atoms with van der Waals surface area (Å²) in [5.41, 5.74) is -0.529. The zero-order valence-corrected chi connectivity index (χ0v) is 13.3. The largest absolute Gasteiger partial charge is 0.444 e. The molecule has 0 radical (unpaired) electrons. The van der Waals surface area contributed by atoms with Crippen molar-refractivity contribution in [3.8, 4) is 0 Å². The molecule has 2 saturated heterocycles. The second-order valence-corrected chi connectivity index (χ2v) is 6.64. The lowest BCUT2D eigenvalue weighted by Crippen LogP contribution is -2.58. The van der Waals surface area contributed by atoms with Crippen LogP contribution in [0, 0.1) is 0 Å². The summed E-state index contributed by atoms with van der Waals surface area (Å²) < 4.78 is 5.37. The Morgan fingerprint density at radius 2 is 1.90 bits per heavy atom. The predicted molar refractivity (Wildman–Crippen MR) is 79.3 cm³/mol. The number of ketones is 1. The second-order valence-electron chi connectivity index (χ2n) is 6.64. The number of nitrogens with zero attached hydrogens (tertiary/aromatic N) is 1. The Hall–Kier alpha value is -0.810. The van der Waals surface area contributed by atoms with Gasteiger partial charge in [-0.05, 0) is 33.6 Å². The Morgan fingerprint density at radius 1 is 1.30 bits per heavy atom. The maximum atomic E-state index is 12.0. The van der Waals surface area contributed by atoms with Crippen LogP contribution in [0.1, 0.15) is 46.5 Å². The second kappa shape index (κ2) is 6.31. The van der Waals surface area contributed by atoms with Crippen LogP contribution in [-0.4, -0.2) is 47.6 Å². The van der Waals surface area contributed by atoms with Crippen LogP contribution in [0.3, 0.4) is 0 Å². The van der Waals surface area contributed by atoms with Crippen molar-refractivity contribution in [2.45, 2.75) is 57.6 Å². The van der Waals surface area contributed by atoms with Crippen LogP contribution in [0.4, 0.5) is 4.79 Å². The van der Waals surface area contributed by atoms with Gasteiger partial charge in [-0.1, -0.05) is 0 Å². The van der Waals surface area contributed by atoms with Crippen molar-refractivity contribution >= 4 is 24.3 Å². The van der Waals surface area contributed by atoms with E-state index in [9.17, 15) is 9.59 Å². The molecule has 0 unspecified atom stereocenters. The molecule has 6 heteroatoms. The number of nitrogens with one attached hydrogen (secondary N) is 1. The number of Topliss-reactive ketones (excluding diaryl/α,β-unsaturated/α-hetero) is 1. The molecule has 2 aliphatic heterocycles. The first-order valence-corrected chi connectivity index (χ1v) is 7.04. The third-order valence-corrected chi connectivity index (χ3v) is 3.81. The van der Waals surface area contributed by atoms with Crippen LogP contribution in [0.2, 0.25) is 0 Å². The highest BCUT2D eigenvalue weighted by molar-refractivity contribution is 5.85. The Kier molecular flexibility index (Phi) is 5.44. The average Bonchev–Trinajstić information content (AvgIpc) is 2.27. The van der Waals surface area contributed by atoms with E-state index in [1.165, 1.54) is 0 Å². The van der Waals surface area contributed by atoms with Gasteiger partial charge in [-0.15, -0.1) is 12.4 Å². The third kappa shape index (κ3) is 4.35. The van der Waals surface area contributed by atoms with E-state index >= 15 is 0 Å². The highest BCUT2D eigenvalue weighted by atomic mass is 35.5. The lowest BCUT2D eigenvalue weighted by molar-refractivity contribution is -0.122. The highest BCUT2D eigenvalue weighted by Crippen LogP contribution is 2.29. The maximum Gasteiger partial charge on any atom is 0.410 e. The smallest absolute Gasteiger partial charge is 0.410 e. The molecule has 20 heavy (non-hydrogen) atoms. The van der Waals surface area contributed by atoms with Crippen LogP contribution in [0.5, 0.6) is 0 Å². The maximum absolute atomic E-state index is 12.0. The minimum atomic E-state index is -0.453. The molecule has 2 heterocycles. The van der Waals surface area contributed by atoms with Gasteiger partial charge in [0.15, 0.2) is 0 Å². The quantitative estimate of drug-likeness (QED) is 0.745. The first-order chi connectivity index (χ1) is 8.80. The molecule has 2 rings (SSSR count). The third-order valence-electron chi connectivity index (χ3n) is 3.81. The number of piperidine rings is 2. The van der Waals surface area contributed by atoms with Crippen molar-refractivity contribution in [1.82, 2.24) is 10.2 Å². The van der Waals surface area contributed by atoms with Crippen molar-refractivity contribution in [2.75, 3.05) is 19.6 Å². The fourth-order valence-corrected chi connectivity index (χ4v) is 2.79. The van der Waals surface area contributed by atoms with Crippen LogP contribution in [0.25, 0.3) is 0 Å². The molecule has 0 bridgehead atoms. The summed E-state index contributed by atoms with van der Waals surface area (Å²) in [5.74, 6) is 0.337. The molecule has 0 aromatic carbocycles. The molecule has 2 aliphatic rings. The number of amides is 1. The van der Waals surface area contributed by atoms with Gasteiger partial charge in [0.25, 0.3) is 0 Å². The van der Waals surface area contributed by atoms with E-state index in [0.717, 1.165) is 19.4 Å². The summed E-state index contributed by atoms with van der Waals surface area (Å²) in [4.78, 5) is 25.3. The molecule has 0 saturated carbocycles. The SMILES string of the molecule is CC(C)(C)OC(=O)N1CCC2(CC1)CC(=O)CCN2.Cl. The van der Waals surface area contributed by atoms with Gasteiger partial charge in [-0.2, -0.15) is 0 Å². The molecular formula is C14H25ClN2O3. The van der Waals surface area contributed by atoms with Crippen molar-refractivity contribution in [2.24, 2.45) is 0 Å². The minimum Gasteiger partial charge on any atom is -0.444 e. The molecule has 2 fully saturated rings. The van der Waals surface area contributed by atoms with Crippen LogP contribution >= 0.6 is 12.4 Å². The molecular weight excluding hydrogens is 280 g/mol. The lowest BCUT2D eigenvalue weighted by atomic mass is 9.80. The fourth-order valence-electron chi connectivity index (χ4n) is 2.79. The zero-order valence-electron chi connectivity index (χ0n) is 12.5. The molecule has 1 N–H and O–H groups in total. The number of carbonyl (C=O) groups is 2. The van der Waals surface area contributed by atoms with E-state index < -0.39 is 5.60 Å².